The number of carbonyl (C=O) groups excluding carboxylic acids is 1. The molecule has 0 aliphatic rings. The van der Waals surface area contributed by atoms with Crippen molar-refractivity contribution in [3.63, 3.8) is 0 Å². The van der Waals surface area contributed by atoms with E-state index in [4.69, 9.17) is 4.74 Å². The molecule has 0 bridgehead atoms. The van der Waals surface area contributed by atoms with E-state index < -0.39 is 29.2 Å². The van der Waals surface area contributed by atoms with Crippen LogP contribution in [0.25, 0.3) is 0 Å². The van der Waals surface area contributed by atoms with Gasteiger partial charge in [0.15, 0.2) is 17.5 Å². The minimum absolute atomic E-state index is 0.199. The molecule has 20 heavy (non-hydrogen) atoms. The zero-order chi connectivity index (χ0) is 15.1. The minimum Gasteiger partial charge on any atom is -0.377 e. The summed E-state index contributed by atoms with van der Waals surface area (Å²) >= 11 is 0. The molecule has 0 heterocycles. The summed E-state index contributed by atoms with van der Waals surface area (Å²) in [5.41, 5.74) is -0.427. The number of amides is 2. The molecular weight excluding hydrogens is 273 g/mol. The van der Waals surface area contributed by atoms with Gasteiger partial charge in [0.1, 0.15) is 0 Å². The van der Waals surface area contributed by atoms with E-state index in [-0.39, 0.29) is 12.6 Å². The molecule has 1 rings (SSSR count). The summed E-state index contributed by atoms with van der Waals surface area (Å²) in [6.45, 7) is 4.52. The molecule has 0 fully saturated rings. The van der Waals surface area contributed by atoms with Crippen molar-refractivity contribution in [3.8, 4) is 0 Å². The fourth-order valence-electron chi connectivity index (χ4n) is 1.40. The highest BCUT2D eigenvalue weighted by Crippen LogP contribution is 2.19. The molecule has 0 saturated heterocycles. The van der Waals surface area contributed by atoms with E-state index in [1.165, 1.54) is 0 Å². The largest absolute Gasteiger partial charge is 0.377 e. The van der Waals surface area contributed by atoms with Gasteiger partial charge in [0, 0.05) is 13.2 Å². The van der Waals surface area contributed by atoms with Gasteiger partial charge in [-0.1, -0.05) is 6.92 Å². The van der Waals surface area contributed by atoms with Gasteiger partial charge in [-0.3, -0.25) is 0 Å². The van der Waals surface area contributed by atoms with E-state index in [2.05, 4.69) is 10.6 Å². The Labute approximate surface area is 115 Å². The molecular formula is C13H17F3N2O2. The van der Waals surface area contributed by atoms with Gasteiger partial charge in [-0.15, -0.1) is 0 Å². The molecule has 4 nitrogen and oxygen atoms in total. The van der Waals surface area contributed by atoms with Crippen LogP contribution in [0.1, 0.15) is 20.3 Å². The Kier molecular flexibility index (Phi) is 6.30. The predicted octanol–water partition coefficient (Wildman–Crippen LogP) is 3.04. The number of halogens is 3. The number of hydrogen-bond acceptors (Lipinski definition) is 2. The van der Waals surface area contributed by atoms with Gasteiger partial charge in [-0.05, 0) is 25.5 Å². The molecule has 0 unspecified atom stereocenters. The normalized spacial score (nSPS) is 12.1. The second-order valence-corrected chi connectivity index (χ2v) is 4.24. The molecule has 0 radical (unpaired) electrons. The smallest absolute Gasteiger partial charge is 0.319 e. The third kappa shape index (κ3) is 4.73. The van der Waals surface area contributed by atoms with Crippen LogP contribution in [0.4, 0.5) is 23.7 Å². The summed E-state index contributed by atoms with van der Waals surface area (Å²) in [5, 5.41) is 4.55. The Morgan fingerprint density at radius 2 is 2.00 bits per heavy atom. The van der Waals surface area contributed by atoms with E-state index in [0.717, 1.165) is 18.6 Å². The maximum Gasteiger partial charge on any atom is 0.319 e. The molecule has 1 atom stereocenters. The van der Waals surface area contributed by atoms with Crippen LogP contribution >= 0.6 is 0 Å². The van der Waals surface area contributed by atoms with Crippen LogP contribution in [0.2, 0.25) is 0 Å². The van der Waals surface area contributed by atoms with Crippen LogP contribution < -0.4 is 10.6 Å². The topological polar surface area (TPSA) is 50.4 Å². The van der Waals surface area contributed by atoms with Gasteiger partial charge < -0.3 is 15.4 Å². The molecule has 2 amide bonds. The van der Waals surface area contributed by atoms with Gasteiger partial charge in [-0.25, -0.2) is 18.0 Å². The van der Waals surface area contributed by atoms with Gasteiger partial charge in [0.05, 0.1) is 11.8 Å². The van der Waals surface area contributed by atoms with Crippen molar-refractivity contribution in [2.24, 2.45) is 0 Å². The SMILES string of the molecule is CCCO[C@@H](C)CNC(=O)Nc1ccc(F)c(F)c1F. The van der Waals surface area contributed by atoms with E-state index in [1.807, 2.05) is 6.92 Å². The average molecular weight is 290 g/mol. The Bertz CT molecular complexity index is 469. The fourth-order valence-corrected chi connectivity index (χ4v) is 1.40. The molecule has 0 aliphatic carbocycles. The number of benzene rings is 1. The highest BCUT2D eigenvalue weighted by atomic mass is 19.2. The van der Waals surface area contributed by atoms with Crippen molar-refractivity contribution in [2.75, 3.05) is 18.5 Å². The number of hydrogen-bond donors (Lipinski definition) is 2. The first-order chi connectivity index (χ1) is 9.45. The van der Waals surface area contributed by atoms with Crippen molar-refractivity contribution in [1.82, 2.24) is 5.32 Å². The standard InChI is InChI=1S/C13H17F3N2O2/c1-3-6-20-8(2)7-17-13(19)18-10-5-4-9(14)11(15)12(10)16/h4-5,8H,3,6-7H2,1-2H3,(H2,17,18,19)/t8-/m0/s1. The Balaban J connectivity index is 2.49. The highest BCUT2D eigenvalue weighted by molar-refractivity contribution is 5.89. The van der Waals surface area contributed by atoms with E-state index in [0.29, 0.717) is 6.61 Å². The zero-order valence-electron chi connectivity index (χ0n) is 11.3. The van der Waals surface area contributed by atoms with Crippen molar-refractivity contribution in [3.05, 3.63) is 29.6 Å². The molecule has 0 spiro atoms. The minimum atomic E-state index is -1.62. The van der Waals surface area contributed by atoms with Crippen LogP contribution in [0.3, 0.4) is 0 Å². The van der Waals surface area contributed by atoms with Crippen LogP contribution in [0.15, 0.2) is 12.1 Å². The average Bonchev–Trinajstić information content (AvgIpc) is 2.43. The monoisotopic (exact) mass is 290 g/mol. The van der Waals surface area contributed by atoms with E-state index in [1.54, 1.807) is 6.92 Å². The van der Waals surface area contributed by atoms with Crippen LogP contribution in [-0.2, 0) is 4.74 Å². The summed E-state index contributed by atoms with van der Waals surface area (Å²) < 4.78 is 44.3. The summed E-state index contributed by atoms with van der Waals surface area (Å²) in [7, 11) is 0. The number of rotatable bonds is 6. The molecule has 1 aromatic carbocycles. The van der Waals surface area contributed by atoms with E-state index in [9.17, 15) is 18.0 Å². The van der Waals surface area contributed by atoms with Crippen LogP contribution in [0, 0.1) is 17.5 Å². The molecule has 0 saturated carbocycles. The number of nitrogens with one attached hydrogen (secondary N) is 2. The lowest BCUT2D eigenvalue weighted by molar-refractivity contribution is 0.0682. The van der Waals surface area contributed by atoms with Crippen LogP contribution in [-0.4, -0.2) is 25.3 Å². The van der Waals surface area contributed by atoms with Gasteiger partial charge in [0.2, 0.25) is 0 Å². The molecule has 7 heteroatoms. The van der Waals surface area contributed by atoms with Gasteiger partial charge in [0.25, 0.3) is 0 Å². The second kappa shape index (κ2) is 7.74. The molecule has 0 aliphatic heterocycles. The first-order valence-electron chi connectivity index (χ1n) is 6.25. The summed E-state index contributed by atoms with van der Waals surface area (Å²) in [4.78, 5) is 11.5. The third-order valence-corrected chi connectivity index (χ3v) is 2.44. The maximum atomic E-state index is 13.3. The van der Waals surface area contributed by atoms with Crippen molar-refractivity contribution in [2.45, 2.75) is 26.4 Å². The summed E-state index contributed by atoms with van der Waals surface area (Å²) in [6, 6.07) is 0.965. The highest BCUT2D eigenvalue weighted by Gasteiger charge is 2.15. The fraction of sp³-hybridized carbons (Fsp3) is 0.462. The van der Waals surface area contributed by atoms with E-state index >= 15 is 0 Å². The van der Waals surface area contributed by atoms with Crippen LogP contribution in [0.5, 0.6) is 0 Å². The lowest BCUT2D eigenvalue weighted by Gasteiger charge is -2.14. The zero-order valence-corrected chi connectivity index (χ0v) is 11.3. The van der Waals surface area contributed by atoms with Gasteiger partial charge in [-0.2, -0.15) is 0 Å². The Hall–Kier alpha value is -1.76. The second-order valence-electron chi connectivity index (χ2n) is 4.24. The Morgan fingerprint density at radius 1 is 1.30 bits per heavy atom. The molecule has 0 aromatic heterocycles. The number of ether oxygens (including phenoxy) is 1. The van der Waals surface area contributed by atoms with Crippen molar-refractivity contribution < 1.29 is 22.7 Å². The lowest BCUT2D eigenvalue weighted by atomic mass is 10.3. The predicted molar refractivity (Wildman–Crippen MR) is 69.0 cm³/mol. The van der Waals surface area contributed by atoms with Crippen molar-refractivity contribution in [1.29, 1.82) is 0 Å². The first-order valence-corrected chi connectivity index (χ1v) is 6.25. The van der Waals surface area contributed by atoms with Crippen molar-refractivity contribution >= 4 is 11.7 Å². The molecule has 112 valence electrons. The third-order valence-electron chi connectivity index (χ3n) is 2.44. The quantitative estimate of drug-likeness (QED) is 0.791. The summed E-state index contributed by atoms with van der Waals surface area (Å²) in [6.07, 6.45) is 0.659. The number of anilines is 1. The first kappa shape index (κ1) is 16.3. The lowest BCUT2D eigenvalue weighted by Crippen LogP contribution is -2.35. The molecule has 2 N–H and O–H groups in total. The maximum absolute atomic E-state index is 13.3. The Morgan fingerprint density at radius 3 is 2.65 bits per heavy atom. The molecule has 1 aromatic rings. The summed E-state index contributed by atoms with van der Waals surface area (Å²) in [5.74, 6) is -4.37. The number of carbonyl (C=O) groups is 1. The number of urea groups is 1. The van der Waals surface area contributed by atoms with Gasteiger partial charge >= 0.3 is 6.03 Å².